The first-order chi connectivity index (χ1) is 11.0. The Labute approximate surface area is 136 Å². The SMILES string of the molecule is C=CCN1C[C@@H](NC(=O)c2cnc(C)cn2)C[C@H]1C(=O)NCC. The van der Waals surface area contributed by atoms with Gasteiger partial charge in [0.25, 0.3) is 5.91 Å². The smallest absolute Gasteiger partial charge is 0.271 e. The molecule has 1 aromatic rings. The Balaban J connectivity index is 2.00. The largest absolute Gasteiger partial charge is 0.355 e. The van der Waals surface area contributed by atoms with Crippen molar-refractivity contribution in [1.82, 2.24) is 25.5 Å². The molecule has 2 atom stereocenters. The molecule has 0 radical (unpaired) electrons. The van der Waals surface area contributed by atoms with Gasteiger partial charge in [0.1, 0.15) is 5.69 Å². The van der Waals surface area contributed by atoms with Crippen molar-refractivity contribution in [3.8, 4) is 0 Å². The molecule has 7 nitrogen and oxygen atoms in total. The molecule has 1 aliphatic rings. The minimum Gasteiger partial charge on any atom is -0.355 e. The highest BCUT2D eigenvalue weighted by Gasteiger charge is 2.36. The fourth-order valence-electron chi connectivity index (χ4n) is 2.71. The van der Waals surface area contributed by atoms with E-state index < -0.39 is 0 Å². The van der Waals surface area contributed by atoms with Gasteiger partial charge in [-0.25, -0.2) is 4.98 Å². The second-order valence-corrected chi connectivity index (χ2v) is 5.60. The molecule has 2 heterocycles. The monoisotopic (exact) mass is 317 g/mol. The predicted molar refractivity (Wildman–Crippen MR) is 86.9 cm³/mol. The molecule has 1 fully saturated rings. The summed E-state index contributed by atoms with van der Waals surface area (Å²) in [5.74, 6) is -0.279. The summed E-state index contributed by atoms with van der Waals surface area (Å²) in [7, 11) is 0. The van der Waals surface area contributed by atoms with Crippen LogP contribution in [0.1, 0.15) is 29.5 Å². The third-order valence-corrected chi connectivity index (χ3v) is 3.77. The summed E-state index contributed by atoms with van der Waals surface area (Å²) in [6, 6.07) is -0.347. The number of amides is 2. The van der Waals surface area contributed by atoms with Crippen LogP contribution in [0.4, 0.5) is 0 Å². The zero-order valence-corrected chi connectivity index (χ0v) is 13.6. The third-order valence-electron chi connectivity index (χ3n) is 3.77. The molecule has 0 aliphatic carbocycles. The van der Waals surface area contributed by atoms with Gasteiger partial charge in [0.2, 0.25) is 5.91 Å². The molecule has 0 saturated carbocycles. The first-order valence-corrected chi connectivity index (χ1v) is 7.77. The molecule has 1 aliphatic heterocycles. The molecular formula is C16H23N5O2. The number of aryl methyl sites for hydroxylation is 1. The number of aromatic nitrogens is 2. The van der Waals surface area contributed by atoms with Crippen LogP contribution < -0.4 is 10.6 Å². The predicted octanol–water partition coefficient (Wildman–Crippen LogP) is 0.280. The first-order valence-electron chi connectivity index (χ1n) is 7.77. The summed E-state index contributed by atoms with van der Waals surface area (Å²) < 4.78 is 0. The summed E-state index contributed by atoms with van der Waals surface area (Å²) in [4.78, 5) is 34.5. The lowest BCUT2D eigenvalue weighted by atomic mass is 10.1. The van der Waals surface area contributed by atoms with Gasteiger partial charge in [-0.2, -0.15) is 0 Å². The Bertz CT molecular complexity index is 572. The van der Waals surface area contributed by atoms with Crippen LogP contribution in [0.25, 0.3) is 0 Å². The lowest BCUT2D eigenvalue weighted by Crippen LogP contribution is -2.43. The van der Waals surface area contributed by atoms with E-state index in [0.717, 1.165) is 5.69 Å². The van der Waals surface area contributed by atoms with E-state index in [1.807, 2.05) is 18.7 Å². The molecule has 23 heavy (non-hydrogen) atoms. The Morgan fingerprint density at radius 3 is 2.83 bits per heavy atom. The van der Waals surface area contributed by atoms with Gasteiger partial charge in [-0.05, 0) is 20.3 Å². The number of likely N-dealkylation sites (N-methyl/N-ethyl adjacent to an activating group) is 1. The molecular weight excluding hydrogens is 294 g/mol. The molecule has 7 heteroatoms. The summed E-state index contributed by atoms with van der Waals surface area (Å²) >= 11 is 0. The van der Waals surface area contributed by atoms with Crippen molar-refractivity contribution >= 4 is 11.8 Å². The van der Waals surface area contributed by atoms with E-state index in [1.54, 1.807) is 12.3 Å². The Morgan fingerprint density at radius 2 is 2.22 bits per heavy atom. The second kappa shape index (κ2) is 7.82. The highest BCUT2D eigenvalue weighted by molar-refractivity contribution is 5.92. The maximum Gasteiger partial charge on any atom is 0.271 e. The van der Waals surface area contributed by atoms with Crippen LogP contribution >= 0.6 is 0 Å². The lowest BCUT2D eigenvalue weighted by molar-refractivity contribution is -0.125. The Kier molecular flexibility index (Phi) is 5.81. The van der Waals surface area contributed by atoms with Gasteiger partial charge in [-0.3, -0.25) is 19.5 Å². The molecule has 0 unspecified atom stereocenters. The molecule has 1 saturated heterocycles. The number of hydrogen-bond acceptors (Lipinski definition) is 5. The van der Waals surface area contributed by atoms with Crippen LogP contribution in [0.15, 0.2) is 25.0 Å². The van der Waals surface area contributed by atoms with Gasteiger partial charge < -0.3 is 10.6 Å². The zero-order chi connectivity index (χ0) is 16.8. The van der Waals surface area contributed by atoms with Crippen molar-refractivity contribution in [2.75, 3.05) is 19.6 Å². The maximum absolute atomic E-state index is 12.2. The van der Waals surface area contributed by atoms with Crippen LogP contribution in [0, 0.1) is 6.92 Å². The van der Waals surface area contributed by atoms with E-state index in [2.05, 4.69) is 27.2 Å². The molecule has 0 aromatic carbocycles. The van der Waals surface area contributed by atoms with Gasteiger partial charge in [0.05, 0.1) is 17.9 Å². The fraction of sp³-hybridized carbons (Fsp3) is 0.500. The minimum absolute atomic E-state index is 0.0128. The lowest BCUT2D eigenvalue weighted by Gasteiger charge is -2.21. The average Bonchev–Trinajstić information content (AvgIpc) is 2.91. The normalized spacial score (nSPS) is 21.0. The van der Waals surface area contributed by atoms with Crippen LogP contribution in [-0.4, -0.2) is 58.4 Å². The minimum atomic E-state index is -0.266. The second-order valence-electron chi connectivity index (χ2n) is 5.60. The van der Waals surface area contributed by atoms with Crippen molar-refractivity contribution in [1.29, 1.82) is 0 Å². The first kappa shape index (κ1) is 17.1. The van der Waals surface area contributed by atoms with E-state index in [0.29, 0.717) is 26.1 Å². The number of carbonyl (C=O) groups is 2. The number of likely N-dealkylation sites (tertiary alicyclic amines) is 1. The quantitative estimate of drug-likeness (QED) is 0.736. The highest BCUT2D eigenvalue weighted by Crippen LogP contribution is 2.18. The third kappa shape index (κ3) is 4.35. The molecule has 2 amide bonds. The van der Waals surface area contributed by atoms with E-state index in [-0.39, 0.29) is 29.6 Å². The van der Waals surface area contributed by atoms with Crippen LogP contribution in [0.5, 0.6) is 0 Å². The maximum atomic E-state index is 12.2. The van der Waals surface area contributed by atoms with E-state index in [9.17, 15) is 9.59 Å². The molecule has 0 bridgehead atoms. The van der Waals surface area contributed by atoms with Gasteiger partial charge in [-0.1, -0.05) is 6.08 Å². The summed E-state index contributed by atoms with van der Waals surface area (Å²) in [5.41, 5.74) is 1.04. The van der Waals surface area contributed by atoms with Gasteiger partial charge in [-0.15, -0.1) is 6.58 Å². The van der Waals surface area contributed by atoms with Crippen molar-refractivity contribution < 1.29 is 9.59 Å². The van der Waals surface area contributed by atoms with Crippen molar-refractivity contribution in [3.05, 3.63) is 36.4 Å². The van der Waals surface area contributed by atoms with Crippen LogP contribution in [0.2, 0.25) is 0 Å². The van der Waals surface area contributed by atoms with Crippen LogP contribution in [0.3, 0.4) is 0 Å². The van der Waals surface area contributed by atoms with Crippen molar-refractivity contribution in [2.24, 2.45) is 0 Å². The summed E-state index contributed by atoms with van der Waals surface area (Å²) in [6.07, 6.45) is 5.36. The molecule has 2 rings (SSSR count). The number of carbonyl (C=O) groups excluding carboxylic acids is 2. The number of hydrogen-bond donors (Lipinski definition) is 2. The van der Waals surface area contributed by atoms with E-state index in [1.165, 1.54) is 6.20 Å². The number of rotatable bonds is 6. The molecule has 0 spiro atoms. The fourth-order valence-corrected chi connectivity index (χ4v) is 2.71. The van der Waals surface area contributed by atoms with Gasteiger partial charge >= 0.3 is 0 Å². The highest BCUT2D eigenvalue weighted by atomic mass is 16.2. The average molecular weight is 317 g/mol. The number of nitrogens with one attached hydrogen (secondary N) is 2. The van der Waals surface area contributed by atoms with Crippen LogP contribution in [-0.2, 0) is 4.79 Å². The summed E-state index contributed by atoms with van der Waals surface area (Å²) in [6.45, 7) is 9.24. The summed E-state index contributed by atoms with van der Waals surface area (Å²) in [5, 5.41) is 5.77. The Hall–Kier alpha value is -2.28. The molecule has 2 N–H and O–H groups in total. The molecule has 1 aromatic heterocycles. The van der Waals surface area contributed by atoms with Gasteiger partial charge in [0.15, 0.2) is 0 Å². The molecule has 124 valence electrons. The van der Waals surface area contributed by atoms with Gasteiger partial charge in [0, 0.05) is 31.9 Å². The van der Waals surface area contributed by atoms with Crippen molar-refractivity contribution in [3.63, 3.8) is 0 Å². The zero-order valence-electron chi connectivity index (χ0n) is 13.6. The number of nitrogens with zero attached hydrogens (tertiary/aromatic N) is 3. The van der Waals surface area contributed by atoms with E-state index >= 15 is 0 Å². The topological polar surface area (TPSA) is 87.2 Å². The Morgan fingerprint density at radius 1 is 1.43 bits per heavy atom. The standard InChI is InChI=1S/C16H23N5O2/c1-4-6-21-10-12(7-14(21)16(23)17-5-2)20-15(22)13-9-18-11(3)8-19-13/h4,8-9,12,14H,1,5-7,10H2,2-3H3,(H,17,23)(H,20,22)/t12-,14-/m0/s1. The van der Waals surface area contributed by atoms with Crippen molar-refractivity contribution in [2.45, 2.75) is 32.4 Å². The van der Waals surface area contributed by atoms with E-state index in [4.69, 9.17) is 0 Å².